The normalized spacial score (nSPS) is 25.5. The zero-order valence-corrected chi connectivity index (χ0v) is 9.05. The van der Waals surface area contributed by atoms with E-state index in [1.54, 1.807) is 12.3 Å². The molecule has 2 rings (SSSR count). The van der Waals surface area contributed by atoms with E-state index in [0.29, 0.717) is 10.7 Å². The molecule has 1 aliphatic rings. The highest BCUT2D eigenvalue weighted by atomic mass is 35.5. The predicted octanol–water partition coefficient (Wildman–Crippen LogP) is 1.28. The fraction of sp³-hybridized carbons (Fsp3) is 0.500. The second-order valence-electron chi connectivity index (χ2n) is 3.91. The van der Waals surface area contributed by atoms with Gasteiger partial charge in [-0.25, -0.2) is 0 Å². The van der Waals surface area contributed by atoms with Crippen LogP contribution in [-0.4, -0.2) is 23.0 Å². The molecule has 0 aromatic carbocycles. The van der Waals surface area contributed by atoms with Crippen LogP contribution in [0, 0.1) is 0 Å². The number of rotatable bonds is 2. The summed E-state index contributed by atoms with van der Waals surface area (Å²) < 4.78 is 0. The van der Waals surface area contributed by atoms with Gasteiger partial charge in [0.05, 0.1) is 5.02 Å². The van der Waals surface area contributed by atoms with Gasteiger partial charge in [0.25, 0.3) is 5.91 Å². The van der Waals surface area contributed by atoms with Crippen molar-refractivity contribution in [1.82, 2.24) is 10.3 Å². The van der Waals surface area contributed by atoms with Crippen molar-refractivity contribution in [2.24, 2.45) is 5.73 Å². The smallest absolute Gasteiger partial charge is 0.268 e. The maximum absolute atomic E-state index is 11.7. The van der Waals surface area contributed by atoms with Crippen molar-refractivity contribution in [3.05, 3.63) is 23.0 Å². The summed E-state index contributed by atoms with van der Waals surface area (Å²) in [5.41, 5.74) is 6.34. The highest BCUT2D eigenvalue weighted by Crippen LogP contribution is 2.17. The van der Waals surface area contributed by atoms with E-state index >= 15 is 0 Å². The van der Waals surface area contributed by atoms with E-state index in [1.807, 2.05) is 0 Å². The Morgan fingerprint density at radius 2 is 2.40 bits per heavy atom. The number of hydrogen-bond donors (Lipinski definition) is 3. The van der Waals surface area contributed by atoms with Crippen LogP contribution in [0.2, 0.25) is 5.02 Å². The Hall–Kier alpha value is -1.00. The Labute approximate surface area is 93.2 Å². The molecule has 2 atom stereocenters. The third-order valence-corrected chi connectivity index (χ3v) is 3.00. The maximum atomic E-state index is 11.7. The Balaban J connectivity index is 1.97. The summed E-state index contributed by atoms with van der Waals surface area (Å²) in [6.07, 6.45) is 4.61. The Kier molecular flexibility index (Phi) is 2.98. The number of carbonyl (C=O) groups excluding carboxylic acids is 1. The number of nitrogens with two attached hydrogens (primary N) is 1. The zero-order chi connectivity index (χ0) is 10.8. The number of halogens is 1. The molecule has 1 heterocycles. The van der Waals surface area contributed by atoms with E-state index in [1.165, 1.54) is 0 Å². The number of amides is 1. The minimum absolute atomic E-state index is 0.0828. The number of carbonyl (C=O) groups is 1. The molecular formula is C10H14ClN3O. The summed E-state index contributed by atoms with van der Waals surface area (Å²) in [4.78, 5) is 14.5. The predicted molar refractivity (Wildman–Crippen MR) is 58.9 cm³/mol. The minimum atomic E-state index is -0.135. The lowest BCUT2D eigenvalue weighted by molar-refractivity contribution is 0.0930. The molecule has 1 saturated carbocycles. The van der Waals surface area contributed by atoms with Gasteiger partial charge in [0.2, 0.25) is 0 Å². The summed E-state index contributed by atoms with van der Waals surface area (Å²) in [5, 5.41) is 3.44. The van der Waals surface area contributed by atoms with E-state index in [0.717, 1.165) is 19.3 Å². The molecular weight excluding hydrogens is 214 g/mol. The van der Waals surface area contributed by atoms with Gasteiger partial charge in [-0.2, -0.15) is 0 Å². The van der Waals surface area contributed by atoms with Crippen molar-refractivity contribution < 1.29 is 4.79 Å². The zero-order valence-electron chi connectivity index (χ0n) is 8.29. The number of H-pyrrole nitrogens is 1. The number of aromatic amines is 1. The molecule has 15 heavy (non-hydrogen) atoms. The third kappa shape index (κ3) is 2.33. The molecule has 5 heteroatoms. The lowest BCUT2D eigenvalue weighted by atomic mass is 10.2. The molecule has 82 valence electrons. The first-order valence-electron chi connectivity index (χ1n) is 5.07. The van der Waals surface area contributed by atoms with Crippen LogP contribution in [0.4, 0.5) is 0 Å². The first-order chi connectivity index (χ1) is 7.16. The van der Waals surface area contributed by atoms with Gasteiger partial charge >= 0.3 is 0 Å². The van der Waals surface area contributed by atoms with Crippen LogP contribution >= 0.6 is 11.6 Å². The average Bonchev–Trinajstić information content (AvgIpc) is 2.77. The number of aromatic nitrogens is 1. The molecule has 1 fully saturated rings. The molecule has 0 saturated heterocycles. The number of hydrogen-bond acceptors (Lipinski definition) is 2. The molecule has 0 bridgehead atoms. The monoisotopic (exact) mass is 227 g/mol. The molecule has 1 amide bonds. The highest BCUT2D eigenvalue weighted by Gasteiger charge is 2.25. The second kappa shape index (κ2) is 4.24. The van der Waals surface area contributed by atoms with Gasteiger partial charge in [-0.15, -0.1) is 0 Å². The Morgan fingerprint density at radius 1 is 1.60 bits per heavy atom. The largest absolute Gasteiger partial charge is 0.356 e. The molecule has 1 aromatic rings. The Morgan fingerprint density at radius 3 is 2.93 bits per heavy atom. The van der Waals surface area contributed by atoms with Crippen molar-refractivity contribution in [3.8, 4) is 0 Å². The molecule has 4 N–H and O–H groups in total. The molecule has 0 aliphatic heterocycles. The van der Waals surface area contributed by atoms with Crippen LogP contribution in [0.25, 0.3) is 0 Å². The molecule has 4 nitrogen and oxygen atoms in total. The van der Waals surface area contributed by atoms with E-state index in [2.05, 4.69) is 10.3 Å². The molecule has 0 radical (unpaired) electrons. The highest BCUT2D eigenvalue weighted by molar-refractivity contribution is 6.30. The van der Waals surface area contributed by atoms with Gasteiger partial charge in [0, 0.05) is 18.3 Å². The molecule has 1 aliphatic carbocycles. The summed E-state index contributed by atoms with van der Waals surface area (Å²) in [6, 6.07) is 1.79. The lowest BCUT2D eigenvalue weighted by Gasteiger charge is -2.16. The van der Waals surface area contributed by atoms with Crippen LogP contribution in [-0.2, 0) is 0 Å². The van der Waals surface area contributed by atoms with Gasteiger partial charge < -0.3 is 16.0 Å². The summed E-state index contributed by atoms with van der Waals surface area (Å²) >= 11 is 5.71. The van der Waals surface area contributed by atoms with Crippen LogP contribution in [0.5, 0.6) is 0 Å². The van der Waals surface area contributed by atoms with E-state index in [4.69, 9.17) is 17.3 Å². The van der Waals surface area contributed by atoms with Crippen molar-refractivity contribution in [3.63, 3.8) is 0 Å². The van der Waals surface area contributed by atoms with Gasteiger partial charge in [0.1, 0.15) is 5.69 Å². The van der Waals surface area contributed by atoms with Crippen LogP contribution in [0.1, 0.15) is 29.8 Å². The average molecular weight is 228 g/mol. The van der Waals surface area contributed by atoms with Crippen molar-refractivity contribution >= 4 is 17.5 Å². The summed E-state index contributed by atoms with van der Waals surface area (Å²) in [5.74, 6) is -0.135. The van der Waals surface area contributed by atoms with Crippen molar-refractivity contribution in [2.45, 2.75) is 31.3 Å². The molecule has 2 unspecified atom stereocenters. The van der Waals surface area contributed by atoms with E-state index in [-0.39, 0.29) is 18.0 Å². The van der Waals surface area contributed by atoms with Crippen LogP contribution in [0.3, 0.4) is 0 Å². The number of nitrogens with one attached hydrogen (secondary N) is 2. The third-order valence-electron chi connectivity index (χ3n) is 2.78. The van der Waals surface area contributed by atoms with Gasteiger partial charge in [0.15, 0.2) is 0 Å². The quantitative estimate of drug-likeness (QED) is 0.712. The van der Waals surface area contributed by atoms with Crippen LogP contribution in [0.15, 0.2) is 12.3 Å². The summed E-state index contributed by atoms with van der Waals surface area (Å²) in [6.45, 7) is 0. The fourth-order valence-electron chi connectivity index (χ4n) is 1.91. The van der Waals surface area contributed by atoms with Gasteiger partial charge in [-0.3, -0.25) is 4.79 Å². The van der Waals surface area contributed by atoms with Crippen molar-refractivity contribution in [2.75, 3.05) is 0 Å². The van der Waals surface area contributed by atoms with Gasteiger partial charge in [-0.1, -0.05) is 11.6 Å². The molecule has 1 aromatic heterocycles. The first kappa shape index (κ1) is 10.5. The minimum Gasteiger partial charge on any atom is -0.356 e. The lowest BCUT2D eigenvalue weighted by Crippen LogP contribution is -2.44. The van der Waals surface area contributed by atoms with E-state index in [9.17, 15) is 4.79 Å². The Bertz CT molecular complexity index is 363. The van der Waals surface area contributed by atoms with E-state index < -0.39 is 0 Å². The van der Waals surface area contributed by atoms with Crippen LogP contribution < -0.4 is 11.1 Å². The van der Waals surface area contributed by atoms with Crippen molar-refractivity contribution in [1.29, 1.82) is 0 Å². The second-order valence-corrected chi connectivity index (χ2v) is 4.34. The topological polar surface area (TPSA) is 70.9 Å². The SMILES string of the molecule is NC1CCCC1NC(=O)c1cc(Cl)c[nH]1. The summed E-state index contributed by atoms with van der Waals surface area (Å²) in [7, 11) is 0. The molecule has 0 spiro atoms. The maximum Gasteiger partial charge on any atom is 0.268 e. The standard InChI is InChI=1S/C10H14ClN3O/c11-6-4-9(13-5-6)10(15)14-8-3-1-2-7(8)12/h4-5,7-8,13H,1-3,12H2,(H,14,15). The first-order valence-corrected chi connectivity index (χ1v) is 5.45. The fourth-order valence-corrected chi connectivity index (χ4v) is 2.08. The van der Waals surface area contributed by atoms with Gasteiger partial charge in [-0.05, 0) is 25.3 Å².